The van der Waals surface area contributed by atoms with Crippen LogP contribution in [0.4, 0.5) is 8.78 Å². The summed E-state index contributed by atoms with van der Waals surface area (Å²) in [5, 5.41) is 4.30. The van der Waals surface area contributed by atoms with Gasteiger partial charge in [-0.05, 0) is 45.3 Å². The second-order valence-electron chi connectivity index (χ2n) is 5.45. The van der Waals surface area contributed by atoms with Crippen LogP contribution in [0.1, 0.15) is 5.56 Å². The third-order valence-corrected chi connectivity index (χ3v) is 4.18. The van der Waals surface area contributed by atoms with Gasteiger partial charge in [0.2, 0.25) is 12.7 Å². The minimum atomic E-state index is -0.927. The molecule has 0 spiro atoms. The monoisotopic (exact) mass is 402 g/mol. The lowest BCUT2D eigenvalue weighted by molar-refractivity contribution is -0.745. The van der Waals surface area contributed by atoms with Crippen LogP contribution >= 0.6 is 15.9 Å². The number of pyridine rings is 1. The molecule has 0 atom stereocenters. The van der Waals surface area contributed by atoms with Gasteiger partial charge in [-0.25, -0.2) is 18.7 Å². The first-order chi connectivity index (χ1) is 12.1. The molecule has 3 aromatic heterocycles. The summed E-state index contributed by atoms with van der Waals surface area (Å²) in [6.07, 6.45) is 5.10. The van der Waals surface area contributed by atoms with Crippen molar-refractivity contribution in [3.05, 3.63) is 70.7 Å². The first-order valence-corrected chi connectivity index (χ1v) is 8.20. The highest BCUT2D eigenvalue weighted by Gasteiger charge is 2.16. The Labute approximate surface area is 149 Å². The molecule has 0 saturated carbocycles. The van der Waals surface area contributed by atoms with Gasteiger partial charge in [-0.3, -0.25) is 0 Å². The number of rotatable bonds is 3. The van der Waals surface area contributed by atoms with E-state index < -0.39 is 11.6 Å². The normalized spacial score (nSPS) is 11.2. The molecule has 3 heterocycles. The van der Waals surface area contributed by atoms with E-state index in [1.807, 2.05) is 12.1 Å². The molecule has 8 heteroatoms. The van der Waals surface area contributed by atoms with Crippen LogP contribution in [0.2, 0.25) is 0 Å². The van der Waals surface area contributed by atoms with Gasteiger partial charge in [-0.1, -0.05) is 10.7 Å². The fraction of sp³-hybridized carbons (Fsp3) is 0.0588. The van der Waals surface area contributed by atoms with Crippen molar-refractivity contribution in [1.29, 1.82) is 0 Å². The molecule has 0 aliphatic heterocycles. The van der Waals surface area contributed by atoms with E-state index in [2.05, 4.69) is 36.0 Å². The van der Waals surface area contributed by atoms with Gasteiger partial charge in [0.15, 0.2) is 11.6 Å². The summed E-state index contributed by atoms with van der Waals surface area (Å²) in [7, 11) is 0. The summed E-state index contributed by atoms with van der Waals surface area (Å²) >= 11 is 3.30. The van der Waals surface area contributed by atoms with Crippen LogP contribution < -0.4 is 4.68 Å². The number of nitrogens with zero attached hydrogens (tertiary/aromatic N) is 4. The predicted octanol–water partition coefficient (Wildman–Crippen LogP) is 3.40. The SMILES string of the molecule is Fc1cccc(-c2nc3cn[n+](Cc4ccc(Br)nc4)cc3[nH]2)c1F. The van der Waals surface area contributed by atoms with E-state index in [0.717, 1.165) is 16.2 Å². The standard InChI is InChI=1S/C17H10BrF2N5/c18-15-5-4-10(6-21-15)8-25-9-14-13(7-22-25)23-17(24-14)11-2-1-3-12(19)16(11)20/h1-7,9H,8H2/p+1. The Morgan fingerprint density at radius 1 is 1.12 bits per heavy atom. The summed E-state index contributed by atoms with van der Waals surface area (Å²) < 4.78 is 29.8. The van der Waals surface area contributed by atoms with Crippen LogP contribution in [0.25, 0.3) is 22.4 Å². The average Bonchev–Trinajstić information content (AvgIpc) is 3.02. The Morgan fingerprint density at radius 2 is 2.00 bits per heavy atom. The van der Waals surface area contributed by atoms with Gasteiger partial charge >= 0.3 is 0 Å². The molecule has 124 valence electrons. The van der Waals surface area contributed by atoms with Crippen molar-refractivity contribution in [1.82, 2.24) is 20.1 Å². The largest absolute Gasteiger partial charge is 0.333 e. The van der Waals surface area contributed by atoms with Gasteiger partial charge in [-0.2, -0.15) is 0 Å². The summed E-state index contributed by atoms with van der Waals surface area (Å²) in [6.45, 7) is 0.527. The lowest BCUT2D eigenvalue weighted by atomic mass is 10.2. The number of hydrogen-bond donors (Lipinski definition) is 1. The lowest BCUT2D eigenvalue weighted by Gasteiger charge is -1.99. The van der Waals surface area contributed by atoms with Crippen molar-refractivity contribution in [3.8, 4) is 11.4 Å². The molecule has 5 nitrogen and oxygen atoms in total. The molecular weight excluding hydrogens is 392 g/mol. The Kier molecular flexibility index (Phi) is 3.96. The zero-order valence-corrected chi connectivity index (χ0v) is 14.3. The maximum atomic E-state index is 13.9. The van der Waals surface area contributed by atoms with Crippen LogP contribution in [-0.2, 0) is 6.54 Å². The summed E-state index contributed by atoms with van der Waals surface area (Å²) in [6, 6.07) is 7.79. The molecule has 4 rings (SSSR count). The Hall–Kier alpha value is -2.74. The highest BCUT2D eigenvalue weighted by Crippen LogP contribution is 2.23. The van der Waals surface area contributed by atoms with Gasteiger partial charge in [0, 0.05) is 11.8 Å². The summed E-state index contributed by atoms with van der Waals surface area (Å²) in [5.41, 5.74) is 2.32. The van der Waals surface area contributed by atoms with Crippen LogP contribution in [0.5, 0.6) is 0 Å². The van der Waals surface area contributed by atoms with E-state index in [-0.39, 0.29) is 11.4 Å². The van der Waals surface area contributed by atoms with Gasteiger partial charge in [0.1, 0.15) is 27.7 Å². The highest BCUT2D eigenvalue weighted by molar-refractivity contribution is 9.10. The molecule has 0 aliphatic rings. The van der Waals surface area contributed by atoms with Gasteiger partial charge in [-0.15, -0.1) is 0 Å². The number of hydrogen-bond acceptors (Lipinski definition) is 3. The first-order valence-electron chi connectivity index (χ1n) is 7.40. The zero-order valence-electron chi connectivity index (χ0n) is 12.7. The van der Waals surface area contributed by atoms with Crippen molar-refractivity contribution in [2.45, 2.75) is 6.54 Å². The number of imidazole rings is 1. The van der Waals surface area contributed by atoms with E-state index in [4.69, 9.17) is 0 Å². The summed E-state index contributed by atoms with van der Waals surface area (Å²) in [5.74, 6) is -1.57. The van der Waals surface area contributed by atoms with Gasteiger partial charge in [0.25, 0.3) is 0 Å². The van der Waals surface area contributed by atoms with Crippen molar-refractivity contribution >= 4 is 27.0 Å². The third-order valence-electron chi connectivity index (χ3n) is 3.71. The Morgan fingerprint density at radius 3 is 2.80 bits per heavy atom. The Bertz CT molecular complexity index is 1060. The van der Waals surface area contributed by atoms with E-state index in [1.54, 1.807) is 23.3 Å². The fourth-order valence-corrected chi connectivity index (χ4v) is 2.73. The zero-order chi connectivity index (χ0) is 17.4. The number of halogens is 3. The number of aromatic nitrogens is 5. The topological polar surface area (TPSA) is 58.3 Å². The average molecular weight is 403 g/mol. The number of nitrogens with one attached hydrogen (secondary N) is 1. The van der Waals surface area contributed by atoms with Crippen molar-refractivity contribution in [3.63, 3.8) is 0 Å². The second-order valence-corrected chi connectivity index (χ2v) is 6.26. The van der Waals surface area contributed by atoms with Gasteiger partial charge in [0.05, 0.1) is 5.56 Å². The predicted molar refractivity (Wildman–Crippen MR) is 90.5 cm³/mol. The maximum Gasteiger partial charge on any atom is 0.222 e. The van der Waals surface area contributed by atoms with Crippen molar-refractivity contribution in [2.75, 3.05) is 0 Å². The maximum absolute atomic E-state index is 13.9. The molecule has 0 radical (unpaired) electrons. The molecule has 0 fully saturated rings. The summed E-state index contributed by atoms with van der Waals surface area (Å²) in [4.78, 5) is 11.5. The molecule has 0 unspecified atom stereocenters. The first kappa shape index (κ1) is 15.8. The van der Waals surface area contributed by atoms with Crippen LogP contribution in [-0.4, -0.2) is 20.1 Å². The van der Waals surface area contributed by atoms with Gasteiger partial charge < -0.3 is 4.98 Å². The number of benzene rings is 1. The van der Waals surface area contributed by atoms with E-state index in [9.17, 15) is 8.78 Å². The van der Waals surface area contributed by atoms with Crippen molar-refractivity contribution in [2.24, 2.45) is 0 Å². The van der Waals surface area contributed by atoms with Crippen LogP contribution in [0, 0.1) is 11.6 Å². The molecule has 1 aromatic carbocycles. The Balaban J connectivity index is 1.69. The fourth-order valence-electron chi connectivity index (χ4n) is 2.50. The highest BCUT2D eigenvalue weighted by atomic mass is 79.9. The quantitative estimate of drug-likeness (QED) is 0.422. The van der Waals surface area contributed by atoms with E-state index >= 15 is 0 Å². The third kappa shape index (κ3) is 3.12. The van der Waals surface area contributed by atoms with Crippen LogP contribution in [0.15, 0.2) is 53.5 Å². The van der Waals surface area contributed by atoms with E-state index in [1.165, 1.54) is 12.1 Å². The molecule has 0 amide bonds. The molecule has 0 saturated heterocycles. The lowest BCUT2D eigenvalue weighted by Crippen LogP contribution is -2.37. The number of H-pyrrole nitrogens is 1. The van der Waals surface area contributed by atoms with Crippen LogP contribution in [0.3, 0.4) is 0 Å². The minimum Gasteiger partial charge on any atom is -0.333 e. The second kappa shape index (κ2) is 6.29. The molecule has 4 aromatic rings. The smallest absolute Gasteiger partial charge is 0.222 e. The molecule has 0 aliphatic carbocycles. The van der Waals surface area contributed by atoms with E-state index in [0.29, 0.717) is 17.6 Å². The number of fused-ring (bicyclic) bond motifs is 1. The minimum absolute atomic E-state index is 0.0832. The molecule has 1 N–H and O–H groups in total. The molecule has 25 heavy (non-hydrogen) atoms. The number of aromatic amines is 1. The molecule has 0 bridgehead atoms. The molecular formula is C17H11BrF2N5+. The van der Waals surface area contributed by atoms with Crippen molar-refractivity contribution < 1.29 is 13.5 Å².